The smallest absolute Gasteiger partial charge is 0.122 e. The molecule has 0 aliphatic carbocycles. The van der Waals surface area contributed by atoms with Gasteiger partial charge in [-0.05, 0) is 42.6 Å². The third kappa shape index (κ3) is 4.22. The number of benzene rings is 1. The minimum absolute atomic E-state index is 0.620. The van der Waals surface area contributed by atoms with Gasteiger partial charge in [-0.1, -0.05) is 26.7 Å². The SMILES string of the molecule is CCC(CC)COc1ccc(OC)cc1CCN. The minimum atomic E-state index is 0.620. The lowest BCUT2D eigenvalue weighted by Crippen LogP contribution is -2.12. The molecule has 0 aliphatic rings. The largest absolute Gasteiger partial charge is 0.497 e. The molecule has 3 heteroatoms. The van der Waals surface area contributed by atoms with Crippen molar-refractivity contribution >= 4 is 0 Å². The second-order valence-corrected chi connectivity index (χ2v) is 4.51. The molecule has 3 nitrogen and oxygen atoms in total. The van der Waals surface area contributed by atoms with E-state index < -0.39 is 0 Å². The molecular weight excluding hydrogens is 226 g/mol. The van der Waals surface area contributed by atoms with Crippen molar-refractivity contribution in [3.05, 3.63) is 23.8 Å². The molecule has 0 spiro atoms. The summed E-state index contributed by atoms with van der Waals surface area (Å²) in [5.74, 6) is 2.42. The van der Waals surface area contributed by atoms with E-state index in [0.29, 0.717) is 12.5 Å². The van der Waals surface area contributed by atoms with E-state index in [-0.39, 0.29) is 0 Å². The van der Waals surface area contributed by atoms with Crippen molar-refractivity contribution in [3.8, 4) is 11.5 Å². The van der Waals surface area contributed by atoms with Crippen LogP contribution in [0, 0.1) is 5.92 Å². The van der Waals surface area contributed by atoms with Crippen LogP contribution in [0.3, 0.4) is 0 Å². The van der Waals surface area contributed by atoms with E-state index in [1.54, 1.807) is 7.11 Å². The van der Waals surface area contributed by atoms with E-state index in [4.69, 9.17) is 15.2 Å². The molecule has 18 heavy (non-hydrogen) atoms. The number of rotatable bonds is 8. The molecule has 0 atom stereocenters. The highest BCUT2D eigenvalue weighted by Crippen LogP contribution is 2.25. The number of hydrogen-bond acceptors (Lipinski definition) is 3. The Bertz CT molecular complexity index is 348. The molecular formula is C15H25NO2. The molecule has 102 valence electrons. The molecule has 0 unspecified atom stereocenters. The van der Waals surface area contributed by atoms with Crippen LogP contribution < -0.4 is 15.2 Å². The molecule has 0 fully saturated rings. The summed E-state index contributed by atoms with van der Waals surface area (Å²) in [5.41, 5.74) is 6.76. The van der Waals surface area contributed by atoms with Crippen LogP contribution in [0.4, 0.5) is 0 Å². The van der Waals surface area contributed by atoms with Gasteiger partial charge in [-0.2, -0.15) is 0 Å². The zero-order valence-corrected chi connectivity index (χ0v) is 11.7. The average Bonchev–Trinajstić information content (AvgIpc) is 2.41. The predicted octanol–water partition coefficient (Wildman–Crippen LogP) is 3.01. The van der Waals surface area contributed by atoms with Gasteiger partial charge in [0.15, 0.2) is 0 Å². The zero-order chi connectivity index (χ0) is 13.4. The summed E-state index contributed by atoms with van der Waals surface area (Å²) < 4.78 is 11.1. The fourth-order valence-corrected chi connectivity index (χ4v) is 1.91. The molecule has 0 heterocycles. The zero-order valence-electron chi connectivity index (χ0n) is 11.7. The highest BCUT2D eigenvalue weighted by atomic mass is 16.5. The third-order valence-electron chi connectivity index (χ3n) is 3.31. The van der Waals surface area contributed by atoms with Gasteiger partial charge in [0.1, 0.15) is 11.5 Å². The molecule has 1 aromatic rings. The molecule has 0 saturated heterocycles. The van der Waals surface area contributed by atoms with Gasteiger partial charge in [0, 0.05) is 0 Å². The maximum Gasteiger partial charge on any atom is 0.122 e. The van der Waals surface area contributed by atoms with Crippen molar-refractivity contribution in [3.63, 3.8) is 0 Å². The van der Waals surface area contributed by atoms with Gasteiger partial charge in [0.05, 0.1) is 13.7 Å². The van der Waals surface area contributed by atoms with E-state index >= 15 is 0 Å². The van der Waals surface area contributed by atoms with E-state index in [1.165, 1.54) is 0 Å². The van der Waals surface area contributed by atoms with Crippen molar-refractivity contribution in [1.29, 1.82) is 0 Å². The lowest BCUT2D eigenvalue weighted by molar-refractivity contribution is 0.238. The predicted molar refractivity (Wildman–Crippen MR) is 75.3 cm³/mol. The lowest BCUT2D eigenvalue weighted by Gasteiger charge is -2.16. The highest BCUT2D eigenvalue weighted by Gasteiger charge is 2.08. The molecule has 0 amide bonds. The molecule has 0 bridgehead atoms. The molecule has 2 N–H and O–H groups in total. The van der Waals surface area contributed by atoms with Crippen LogP contribution in [0.25, 0.3) is 0 Å². The summed E-state index contributed by atoms with van der Waals surface area (Å²) in [7, 11) is 1.67. The Hall–Kier alpha value is -1.22. The summed E-state index contributed by atoms with van der Waals surface area (Å²) in [4.78, 5) is 0. The standard InChI is InChI=1S/C15H25NO2/c1-4-12(5-2)11-18-15-7-6-14(17-3)10-13(15)8-9-16/h6-7,10,12H,4-5,8-9,11,16H2,1-3H3. The molecule has 0 aliphatic heterocycles. The van der Waals surface area contributed by atoms with Crippen molar-refractivity contribution in [1.82, 2.24) is 0 Å². The molecule has 0 saturated carbocycles. The molecule has 0 aromatic heterocycles. The lowest BCUT2D eigenvalue weighted by atomic mass is 10.1. The Morgan fingerprint density at radius 1 is 1.22 bits per heavy atom. The number of nitrogens with two attached hydrogens (primary N) is 1. The summed E-state index contributed by atoms with van der Waals surface area (Å²) in [6, 6.07) is 5.92. The fraction of sp³-hybridized carbons (Fsp3) is 0.600. The first kappa shape index (κ1) is 14.8. The molecule has 1 aromatic carbocycles. The van der Waals surface area contributed by atoms with Crippen molar-refractivity contribution < 1.29 is 9.47 Å². The van der Waals surface area contributed by atoms with E-state index in [0.717, 1.165) is 42.9 Å². The van der Waals surface area contributed by atoms with Crippen LogP contribution in [0.5, 0.6) is 11.5 Å². The first-order chi connectivity index (χ1) is 8.74. The van der Waals surface area contributed by atoms with E-state index in [1.807, 2.05) is 18.2 Å². The van der Waals surface area contributed by atoms with Gasteiger partial charge in [0.25, 0.3) is 0 Å². The molecule has 0 radical (unpaired) electrons. The second kappa shape index (κ2) is 7.98. The van der Waals surface area contributed by atoms with E-state index in [2.05, 4.69) is 13.8 Å². The van der Waals surface area contributed by atoms with E-state index in [9.17, 15) is 0 Å². The second-order valence-electron chi connectivity index (χ2n) is 4.51. The number of ether oxygens (including phenoxy) is 2. The summed E-state index contributed by atoms with van der Waals surface area (Å²) in [5, 5.41) is 0. The first-order valence-corrected chi connectivity index (χ1v) is 6.74. The van der Waals surface area contributed by atoms with Crippen LogP contribution in [-0.4, -0.2) is 20.3 Å². The quantitative estimate of drug-likeness (QED) is 0.772. The summed E-state index contributed by atoms with van der Waals surface area (Å²) >= 11 is 0. The Labute approximate surface area is 110 Å². The maximum absolute atomic E-state index is 5.92. The Kier molecular flexibility index (Phi) is 6.58. The number of methoxy groups -OCH3 is 1. The van der Waals surface area contributed by atoms with Gasteiger partial charge in [0.2, 0.25) is 0 Å². The van der Waals surface area contributed by atoms with Crippen molar-refractivity contribution in [2.75, 3.05) is 20.3 Å². The summed E-state index contributed by atoms with van der Waals surface area (Å²) in [6.45, 7) is 5.80. The van der Waals surface area contributed by atoms with Crippen LogP contribution in [-0.2, 0) is 6.42 Å². The van der Waals surface area contributed by atoms with Gasteiger partial charge < -0.3 is 15.2 Å². The normalized spacial score (nSPS) is 10.7. The minimum Gasteiger partial charge on any atom is -0.497 e. The van der Waals surface area contributed by atoms with Crippen LogP contribution in [0.1, 0.15) is 32.3 Å². The fourth-order valence-electron chi connectivity index (χ4n) is 1.91. The van der Waals surface area contributed by atoms with Gasteiger partial charge in [-0.15, -0.1) is 0 Å². The van der Waals surface area contributed by atoms with Gasteiger partial charge >= 0.3 is 0 Å². The topological polar surface area (TPSA) is 44.5 Å². The monoisotopic (exact) mass is 251 g/mol. The Morgan fingerprint density at radius 2 is 1.94 bits per heavy atom. The highest BCUT2D eigenvalue weighted by molar-refractivity contribution is 5.40. The van der Waals surface area contributed by atoms with Crippen molar-refractivity contribution in [2.45, 2.75) is 33.1 Å². The Morgan fingerprint density at radius 3 is 2.50 bits per heavy atom. The summed E-state index contributed by atoms with van der Waals surface area (Å²) in [6.07, 6.45) is 3.12. The van der Waals surface area contributed by atoms with Crippen LogP contribution in [0.2, 0.25) is 0 Å². The van der Waals surface area contributed by atoms with Gasteiger partial charge in [-0.3, -0.25) is 0 Å². The van der Waals surface area contributed by atoms with Crippen LogP contribution >= 0.6 is 0 Å². The third-order valence-corrected chi connectivity index (χ3v) is 3.31. The van der Waals surface area contributed by atoms with Crippen LogP contribution in [0.15, 0.2) is 18.2 Å². The maximum atomic E-state index is 5.92. The number of hydrogen-bond donors (Lipinski definition) is 1. The first-order valence-electron chi connectivity index (χ1n) is 6.74. The van der Waals surface area contributed by atoms with Gasteiger partial charge in [-0.25, -0.2) is 0 Å². The molecule has 1 rings (SSSR count). The Balaban J connectivity index is 2.74. The van der Waals surface area contributed by atoms with Crippen molar-refractivity contribution in [2.24, 2.45) is 11.7 Å². The average molecular weight is 251 g/mol.